The van der Waals surface area contributed by atoms with Crippen LogP contribution in [0, 0.1) is 0 Å². The monoisotopic (exact) mass is 433 g/mol. The van der Waals surface area contributed by atoms with Crippen LogP contribution in [0.3, 0.4) is 0 Å². The standard InChI is InChI=1S/C22H16BrN3O2/c23-14-8-9-16-15(11-14)20(13-5-2-1-3-6-13)21(22(27)24-16)18-12-17(25-26-18)19-7-4-10-28-19/h1-11,17,25H,12H2,(H,24,27)/t17-/m0/s1. The molecule has 0 radical (unpaired) electrons. The van der Waals surface area contributed by atoms with E-state index in [9.17, 15) is 4.79 Å². The van der Waals surface area contributed by atoms with E-state index in [0.29, 0.717) is 12.0 Å². The number of rotatable bonds is 3. The molecule has 2 N–H and O–H groups in total. The van der Waals surface area contributed by atoms with Gasteiger partial charge >= 0.3 is 0 Å². The molecule has 0 aliphatic carbocycles. The van der Waals surface area contributed by atoms with Gasteiger partial charge in [0.2, 0.25) is 0 Å². The van der Waals surface area contributed by atoms with E-state index >= 15 is 0 Å². The van der Waals surface area contributed by atoms with E-state index in [2.05, 4.69) is 31.4 Å². The molecule has 3 heterocycles. The van der Waals surface area contributed by atoms with Gasteiger partial charge in [0.05, 0.1) is 17.5 Å². The minimum absolute atomic E-state index is 0.0776. The molecule has 2 aromatic carbocycles. The first kappa shape index (κ1) is 17.0. The number of halogens is 1. The minimum Gasteiger partial charge on any atom is -0.467 e. The van der Waals surface area contributed by atoms with E-state index in [-0.39, 0.29) is 11.6 Å². The normalized spacial score (nSPS) is 16.2. The van der Waals surface area contributed by atoms with Crippen LogP contribution in [-0.4, -0.2) is 10.7 Å². The number of hydrazone groups is 1. The van der Waals surface area contributed by atoms with E-state index in [0.717, 1.165) is 38.0 Å². The SMILES string of the molecule is O=c1[nH]c2ccc(Br)cc2c(-c2ccccc2)c1C1=NN[C@H](c2ccco2)C1. The maximum Gasteiger partial charge on any atom is 0.258 e. The van der Waals surface area contributed by atoms with Crippen molar-refractivity contribution in [2.24, 2.45) is 5.10 Å². The number of fused-ring (bicyclic) bond motifs is 1. The summed E-state index contributed by atoms with van der Waals surface area (Å²) in [6, 6.07) is 19.5. The highest BCUT2D eigenvalue weighted by Gasteiger charge is 2.28. The third kappa shape index (κ3) is 2.86. The lowest BCUT2D eigenvalue weighted by Crippen LogP contribution is -2.20. The second-order valence-corrected chi connectivity index (χ2v) is 7.64. The lowest BCUT2D eigenvalue weighted by Gasteiger charge is -2.13. The van der Waals surface area contributed by atoms with Crippen molar-refractivity contribution in [2.45, 2.75) is 12.5 Å². The molecule has 0 amide bonds. The Kier molecular flexibility index (Phi) is 4.13. The number of furan rings is 1. The van der Waals surface area contributed by atoms with Crippen LogP contribution in [0.5, 0.6) is 0 Å². The number of aromatic nitrogens is 1. The molecular weight excluding hydrogens is 418 g/mol. The lowest BCUT2D eigenvalue weighted by atomic mass is 9.92. The number of pyridine rings is 1. The zero-order valence-electron chi connectivity index (χ0n) is 14.8. The zero-order chi connectivity index (χ0) is 19.1. The van der Waals surface area contributed by atoms with Crippen LogP contribution < -0.4 is 11.0 Å². The van der Waals surface area contributed by atoms with Crippen LogP contribution in [0.25, 0.3) is 22.0 Å². The highest BCUT2D eigenvalue weighted by atomic mass is 79.9. The van der Waals surface area contributed by atoms with Gasteiger partial charge in [-0.25, -0.2) is 0 Å². The number of nitrogens with one attached hydrogen (secondary N) is 2. The summed E-state index contributed by atoms with van der Waals surface area (Å²) in [4.78, 5) is 16.1. The molecule has 0 spiro atoms. The molecule has 6 heteroatoms. The summed E-state index contributed by atoms with van der Waals surface area (Å²) in [5, 5.41) is 5.47. The summed E-state index contributed by atoms with van der Waals surface area (Å²) < 4.78 is 6.46. The molecule has 1 aliphatic heterocycles. The highest BCUT2D eigenvalue weighted by molar-refractivity contribution is 9.10. The Hall–Kier alpha value is -3.12. The maximum atomic E-state index is 13.1. The van der Waals surface area contributed by atoms with Gasteiger partial charge in [-0.05, 0) is 35.9 Å². The number of hydrogen-bond acceptors (Lipinski definition) is 4. The molecule has 0 bridgehead atoms. The molecular formula is C22H16BrN3O2. The maximum absolute atomic E-state index is 13.1. The first-order valence-electron chi connectivity index (χ1n) is 8.97. The van der Waals surface area contributed by atoms with Crippen LogP contribution >= 0.6 is 15.9 Å². The van der Waals surface area contributed by atoms with Crippen LogP contribution in [0.15, 0.2) is 85.7 Å². The van der Waals surface area contributed by atoms with Gasteiger partial charge in [0.25, 0.3) is 5.56 Å². The first-order chi connectivity index (χ1) is 13.7. The van der Waals surface area contributed by atoms with Crippen molar-refractivity contribution < 1.29 is 4.42 Å². The number of H-pyrrole nitrogens is 1. The fraction of sp³-hybridized carbons (Fsp3) is 0.0909. The molecule has 2 aromatic heterocycles. The molecule has 0 saturated heterocycles. The average Bonchev–Trinajstić information content (AvgIpc) is 3.40. The van der Waals surface area contributed by atoms with Crippen molar-refractivity contribution in [3.8, 4) is 11.1 Å². The molecule has 0 fully saturated rings. The molecule has 0 unspecified atom stereocenters. The number of aromatic amines is 1. The van der Waals surface area contributed by atoms with E-state index in [4.69, 9.17) is 4.42 Å². The summed E-state index contributed by atoms with van der Waals surface area (Å²) in [6.45, 7) is 0. The van der Waals surface area contributed by atoms with E-state index in [1.54, 1.807) is 6.26 Å². The molecule has 5 rings (SSSR count). The Morgan fingerprint density at radius 2 is 1.89 bits per heavy atom. The van der Waals surface area contributed by atoms with Crippen molar-refractivity contribution in [2.75, 3.05) is 0 Å². The Balaban J connectivity index is 1.73. The minimum atomic E-state index is -0.144. The average molecular weight is 434 g/mol. The molecule has 28 heavy (non-hydrogen) atoms. The quantitative estimate of drug-likeness (QED) is 0.478. The summed E-state index contributed by atoms with van der Waals surface area (Å²) in [6.07, 6.45) is 2.22. The molecule has 4 aromatic rings. The van der Waals surface area contributed by atoms with Crippen LogP contribution in [0.4, 0.5) is 0 Å². The highest BCUT2D eigenvalue weighted by Crippen LogP contribution is 2.34. The number of benzene rings is 2. The summed E-state index contributed by atoms with van der Waals surface area (Å²) in [7, 11) is 0. The Morgan fingerprint density at radius 3 is 2.68 bits per heavy atom. The second-order valence-electron chi connectivity index (χ2n) is 6.72. The third-order valence-corrected chi connectivity index (χ3v) is 5.46. The van der Waals surface area contributed by atoms with Gasteiger partial charge in [0, 0.05) is 27.4 Å². The van der Waals surface area contributed by atoms with E-state index in [1.807, 2.05) is 60.7 Å². The Bertz CT molecular complexity index is 1240. The van der Waals surface area contributed by atoms with Crippen LogP contribution in [-0.2, 0) is 0 Å². The van der Waals surface area contributed by atoms with Gasteiger partial charge in [-0.3, -0.25) is 10.2 Å². The first-order valence-corrected chi connectivity index (χ1v) is 9.77. The van der Waals surface area contributed by atoms with Crippen molar-refractivity contribution >= 4 is 32.5 Å². The Labute approximate surface area is 169 Å². The predicted octanol–water partition coefficient (Wildman–Crippen LogP) is 4.99. The zero-order valence-corrected chi connectivity index (χ0v) is 16.4. The van der Waals surface area contributed by atoms with Crippen LogP contribution in [0.1, 0.15) is 23.8 Å². The van der Waals surface area contributed by atoms with Crippen LogP contribution in [0.2, 0.25) is 0 Å². The van der Waals surface area contributed by atoms with Gasteiger partial charge < -0.3 is 9.40 Å². The smallest absolute Gasteiger partial charge is 0.258 e. The molecule has 138 valence electrons. The topological polar surface area (TPSA) is 70.4 Å². The fourth-order valence-electron chi connectivity index (χ4n) is 3.70. The summed E-state index contributed by atoms with van der Waals surface area (Å²) in [5.41, 5.74) is 6.95. The molecule has 1 aliphatic rings. The predicted molar refractivity (Wildman–Crippen MR) is 113 cm³/mol. The van der Waals surface area contributed by atoms with Gasteiger partial charge in [-0.15, -0.1) is 0 Å². The molecule has 0 saturated carbocycles. The van der Waals surface area contributed by atoms with Gasteiger partial charge in [0.1, 0.15) is 11.8 Å². The third-order valence-electron chi connectivity index (χ3n) is 4.97. The largest absolute Gasteiger partial charge is 0.467 e. The number of hydrogen-bond donors (Lipinski definition) is 2. The van der Waals surface area contributed by atoms with E-state index in [1.165, 1.54) is 0 Å². The van der Waals surface area contributed by atoms with Crippen molar-refractivity contribution in [3.05, 3.63) is 93.1 Å². The van der Waals surface area contributed by atoms with Gasteiger partial charge in [-0.1, -0.05) is 46.3 Å². The van der Waals surface area contributed by atoms with Gasteiger partial charge in [0.15, 0.2) is 0 Å². The van der Waals surface area contributed by atoms with Crippen molar-refractivity contribution in [1.82, 2.24) is 10.4 Å². The fourth-order valence-corrected chi connectivity index (χ4v) is 4.06. The van der Waals surface area contributed by atoms with Gasteiger partial charge in [-0.2, -0.15) is 5.10 Å². The summed E-state index contributed by atoms with van der Waals surface area (Å²) >= 11 is 3.55. The second kappa shape index (κ2) is 6.80. The van der Waals surface area contributed by atoms with E-state index < -0.39 is 0 Å². The molecule has 1 atom stereocenters. The summed E-state index contributed by atoms with van der Waals surface area (Å²) in [5.74, 6) is 0.806. The number of nitrogens with zero attached hydrogens (tertiary/aromatic N) is 1. The Morgan fingerprint density at radius 1 is 1.04 bits per heavy atom. The lowest BCUT2D eigenvalue weighted by molar-refractivity contribution is 0.440. The molecule has 5 nitrogen and oxygen atoms in total. The van der Waals surface area contributed by atoms with Crippen molar-refractivity contribution in [1.29, 1.82) is 0 Å². The van der Waals surface area contributed by atoms with Crippen molar-refractivity contribution in [3.63, 3.8) is 0 Å².